The number of halogens is 3. The van der Waals surface area contributed by atoms with Crippen LogP contribution in [0.4, 0.5) is 30.8 Å². The minimum absolute atomic E-state index is 0.0406. The van der Waals surface area contributed by atoms with Gasteiger partial charge in [-0.15, -0.1) is 10.2 Å². The van der Waals surface area contributed by atoms with Crippen molar-refractivity contribution in [1.29, 1.82) is 0 Å². The lowest BCUT2D eigenvalue weighted by Crippen LogP contribution is -2.27. The van der Waals surface area contributed by atoms with Crippen LogP contribution in [0.1, 0.15) is 46.6 Å². The summed E-state index contributed by atoms with van der Waals surface area (Å²) in [6.45, 7) is 1.78. The number of benzene rings is 1. The van der Waals surface area contributed by atoms with E-state index in [1.807, 2.05) is 5.32 Å². The molecule has 236 valence electrons. The number of carbonyl (C=O) groups excluding carboxylic acids is 2. The smallest absolute Gasteiger partial charge is 0.413 e. The first-order valence-electron chi connectivity index (χ1n) is 14.6. The Morgan fingerprint density at radius 3 is 2.49 bits per heavy atom. The number of aromatic nitrogens is 5. The average Bonchev–Trinajstić information content (AvgIpc) is 2.97. The van der Waals surface area contributed by atoms with Crippen molar-refractivity contribution in [2.75, 3.05) is 24.7 Å². The summed E-state index contributed by atoms with van der Waals surface area (Å²) >= 11 is 6.04. The topological polar surface area (TPSA) is 162 Å². The molecule has 0 aliphatic heterocycles. The van der Waals surface area contributed by atoms with Gasteiger partial charge in [-0.05, 0) is 50.6 Å². The van der Waals surface area contributed by atoms with E-state index in [-0.39, 0.29) is 58.4 Å². The zero-order chi connectivity index (χ0) is 35.2. The Kier molecular flexibility index (Phi) is 9.05. The molecule has 0 aliphatic carbocycles. The maximum Gasteiger partial charge on any atom is 0.413 e. The lowest BCUT2D eigenvalue weighted by Gasteiger charge is -2.19. The van der Waals surface area contributed by atoms with Crippen LogP contribution in [0.3, 0.4) is 0 Å². The first-order chi connectivity index (χ1) is 22.5. The van der Waals surface area contributed by atoms with Crippen LogP contribution in [0.5, 0.6) is 5.75 Å². The van der Waals surface area contributed by atoms with Gasteiger partial charge in [0.2, 0.25) is 0 Å². The van der Waals surface area contributed by atoms with Gasteiger partial charge < -0.3 is 24.8 Å². The normalized spacial score (nSPS) is 12.4. The van der Waals surface area contributed by atoms with E-state index >= 15 is 0 Å². The first kappa shape index (κ1) is 28.7. The van der Waals surface area contributed by atoms with Crippen LogP contribution in [0.15, 0.2) is 42.7 Å². The Labute approximate surface area is 265 Å². The maximum absolute atomic E-state index is 14.6. The van der Waals surface area contributed by atoms with E-state index in [1.54, 1.807) is 32.9 Å². The number of nitrogens with zero attached hydrogens (tertiary/aromatic N) is 5. The zero-order valence-electron chi connectivity index (χ0n) is 27.4. The summed E-state index contributed by atoms with van der Waals surface area (Å²) in [6.07, 6.45) is 1.13. The number of hydrogen-bond donors (Lipinski definition) is 3. The third-order valence-corrected chi connectivity index (χ3v) is 5.82. The van der Waals surface area contributed by atoms with Crippen LogP contribution in [-0.4, -0.2) is 56.8 Å². The largest absolute Gasteiger partial charge is 0.494 e. The molecule has 0 saturated carbocycles. The van der Waals surface area contributed by atoms with Crippen molar-refractivity contribution in [3.05, 3.63) is 76.5 Å². The highest BCUT2D eigenvalue weighted by Crippen LogP contribution is 2.39. The lowest BCUT2D eigenvalue weighted by molar-refractivity contribution is 0.0634. The third-order valence-electron chi connectivity index (χ3n) is 5.63. The fourth-order valence-corrected chi connectivity index (χ4v) is 4.01. The minimum Gasteiger partial charge on any atom is -0.494 e. The van der Waals surface area contributed by atoms with E-state index in [0.717, 1.165) is 18.5 Å². The second kappa shape index (κ2) is 14.2. The quantitative estimate of drug-likeness (QED) is 0.201. The van der Waals surface area contributed by atoms with E-state index in [0.29, 0.717) is 5.56 Å². The van der Waals surface area contributed by atoms with Crippen molar-refractivity contribution in [2.24, 2.45) is 0 Å². The van der Waals surface area contributed by atoms with Crippen molar-refractivity contribution in [3.8, 4) is 17.1 Å². The Morgan fingerprint density at radius 2 is 1.80 bits per heavy atom. The van der Waals surface area contributed by atoms with Gasteiger partial charge in [0.1, 0.15) is 22.9 Å². The van der Waals surface area contributed by atoms with Crippen LogP contribution in [0.25, 0.3) is 11.4 Å². The number of methoxy groups -OCH3 is 1. The molecule has 4 rings (SSSR count). The number of rotatable bonds is 10. The predicted octanol–water partition coefficient (Wildman–Crippen LogP) is 5.44. The van der Waals surface area contributed by atoms with Crippen molar-refractivity contribution < 1.29 is 36.7 Å². The molecule has 0 saturated heterocycles. The highest BCUT2D eigenvalue weighted by Gasteiger charge is 2.21. The molecule has 3 heterocycles. The third kappa shape index (κ3) is 8.77. The molecule has 0 radical (unpaired) electrons. The number of hydrogen-bond acceptors (Lipinski definition) is 11. The van der Waals surface area contributed by atoms with Crippen LogP contribution in [0, 0.1) is 11.6 Å². The van der Waals surface area contributed by atoms with E-state index < -0.39 is 41.9 Å². The van der Waals surface area contributed by atoms with E-state index in [9.17, 15) is 18.4 Å². The molecule has 0 fully saturated rings. The number of amides is 2. The first-order valence-corrected chi connectivity index (χ1v) is 13.4. The predicted molar refractivity (Wildman–Crippen MR) is 160 cm³/mol. The summed E-state index contributed by atoms with van der Waals surface area (Å²) < 4.78 is 67.0. The fraction of sp³-hybridized carbons (Fsp3) is 0.276. The minimum atomic E-state index is -2.82. The molecule has 2 amide bonds. The summed E-state index contributed by atoms with van der Waals surface area (Å²) in [5.74, 6) is -2.21. The van der Waals surface area contributed by atoms with Crippen molar-refractivity contribution in [1.82, 2.24) is 30.5 Å². The summed E-state index contributed by atoms with van der Waals surface area (Å²) in [4.78, 5) is 37.0. The fourth-order valence-electron chi connectivity index (χ4n) is 3.87. The Morgan fingerprint density at radius 1 is 1.04 bits per heavy atom. The second-order valence-corrected chi connectivity index (χ2v) is 10.6. The Bertz CT molecular complexity index is 1810. The highest BCUT2D eigenvalue weighted by molar-refractivity contribution is 6.29. The van der Waals surface area contributed by atoms with E-state index in [4.69, 9.17) is 29.9 Å². The molecule has 0 bridgehead atoms. The van der Waals surface area contributed by atoms with Crippen molar-refractivity contribution >= 4 is 40.8 Å². The number of pyridine rings is 1. The van der Waals surface area contributed by atoms with Gasteiger partial charge in [0.25, 0.3) is 5.91 Å². The molecule has 13 nitrogen and oxygen atoms in total. The standard InChI is InChI=1S/C29H29ClF2N8O5/c1-29(2,3)45-28(42)38-23-7-6-18(32)21(37-23)14-44-13-15-8-17(26-34-11-16(31)12-35-26)25(43-5)20(9-15)36-19-10-22(30)39-40-24(19)27(41)33-4/h6-12H,13-14H2,1-5H3,(H,33,41)(H,36,39)(H,37,38,42)/i4D3. The zero-order valence-corrected chi connectivity index (χ0v) is 25.1. The summed E-state index contributed by atoms with van der Waals surface area (Å²) in [6, 6.07) is 6.77. The molecule has 4 aromatic rings. The molecule has 0 unspecified atom stereocenters. The molecule has 16 heteroatoms. The number of nitrogens with one attached hydrogen (secondary N) is 3. The molecule has 1 aromatic carbocycles. The molecule has 3 N–H and O–H groups in total. The molecule has 45 heavy (non-hydrogen) atoms. The van der Waals surface area contributed by atoms with E-state index in [2.05, 4.69) is 35.8 Å². The van der Waals surface area contributed by atoms with Crippen molar-refractivity contribution in [2.45, 2.75) is 39.6 Å². The summed E-state index contributed by atoms with van der Waals surface area (Å²) in [5, 5.41) is 14.5. The molecular weight excluding hydrogens is 614 g/mol. The summed E-state index contributed by atoms with van der Waals surface area (Å²) in [7, 11) is 1.34. The highest BCUT2D eigenvalue weighted by atomic mass is 35.5. The van der Waals surface area contributed by atoms with Gasteiger partial charge in [-0.25, -0.2) is 28.5 Å². The van der Waals surface area contributed by atoms with Crippen LogP contribution in [-0.2, 0) is 22.7 Å². The lowest BCUT2D eigenvalue weighted by atomic mass is 10.1. The number of carbonyl (C=O) groups is 2. The van der Waals surface area contributed by atoms with Gasteiger partial charge in [0, 0.05) is 17.2 Å². The number of ether oxygens (including phenoxy) is 3. The molecule has 0 spiro atoms. The molecule has 0 atom stereocenters. The Hall–Kier alpha value is -5.02. The molecular formula is C29H29ClF2N8O5. The van der Waals surface area contributed by atoms with Gasteiger partial charge in [-0.3, -0.25) is 10.1 Å². The number of anilines is 3. The monoisotopic (exact) mass is 645 g/mol. The van der Waals surface area contributed by atoms with E-state index in [1.165, 1.54) is 19.2 Å². The second-order valence-electron chi connectivity index (χ2n) is 10.2. The van der Waals surface area contributed by atoms with Crippen LogP contribution >= 0.6 is 11.6 Å². The SMILES string of the molecule is [2H]C([2H])([2H])NC(=O)c1nnc(Cl)cc1Nc1cc(COCc2nc(NC(=O)OC(C)(C)C)ccc2F)cc(-c2ncc(F)cn2)c1OC. The maximum atomic E-state index is 14.6. The van der Waals surface area contributed by atoms with Gasteiger partial charge >= 0.3 is 6.09 Å². The van der Waals surface area contributed by atoms with Crippen LogP contribution < -0.4 is 20.7 Å². The van der Waals surface area contributed by atoms with Gasteiger partial charge in [0.15, 0.2) is 28.2 Å². The van der Waals surface area contributed by atoms with Gasteiger partial charge in [-0.2, -0.15) is 0 Å². The van der Waals surface area contributed by atoms with Crippen LogP contribution in [0.2, 0.25) is 5.15 Å². The van der Waals surface area contributed by atoms with Gasteiger partial charge in [-0.1, -0.05) is 11.6 Å². The Balaban J connectivity index is 1.66. The summed E-state index contributed by atoms with van der Waals surface area (Å²) in [5.41, 5.74) is -0.436. The van der Waals surface area contributed by atoms with Crippen molar-refractivity contribution in [3.63, 3.8) is 0 Å². The average molecular weight is 646 g/mol. The molecule has 3 aromatic heterocycles. The van der Waals surface area contributed by atoms with Gasteiger partial charge in [0.05, 0.1) is 49.7 Å². The molecule has 0 aliphatic rings.